The van der Waals surface area contributed by atoms with Crippen molar-refractivity contribution in [2.75, 3.05) is 26.2 Å². The number of carbonyl (C=O) groups is 2. The maximum absolute atomic E-state index is 11.9. The van der Waals surface area contributed by atoms with Gasteiger partial charge in [0.25, 0.3) is 0 Å². The Hall–Kier alpha value is -1.51. The first-order chi connectivity index (χ1) is 9.28. The van der Waals surface area contributed by atoms with E-state index in [1.54, 1.807) is 0 Å². The van der Waals surface area contributed by atoms with Crippen molar-refractivity contribution < 1.29 is 32.6 Å². The second-order valence-corrected chi connectivity index (χ2v) is 4.47. The molecule has 6 nitrogen and oxygen atoms in total. The number of piperidine rings is 1. The number of carboxylic acids is 1. The third kappa shape index (κ3) is 6.60. The summed E-state index contributed by atoms with van der Waals surface area (Å²) in [6.45, 7) is -0.663. The van der Waals surface area contributed by atoms with E-state index >= 15 is 0 Å². The molecule has 0 bridgehead atoms. The van der Waals surface area contributed by atoms with Crippen molar-refractivity contribution in [1.82, 2.24) is 10.2 Å². The van der Waals surface area contributed by atoms with Gasteiger partial charge in [-0.1, -0.05) is 0 Å². The number of halogens is 3. The number of hydrogen-bond donors (Lipinski definition) is 2. The average Bonchev–Trinajstić information content (AvgIpc) is 2.35. The van der Waals surface area contributed by atoms with Gasteiger partial charge < -0.3 is 20.1 Å². The highest BCUT2D eigenvalue weighted by Crippen LogP contribution is 2.15. The fourth-order valence-electron chi connectivity index (χ4n) is 1.83. The predicted octanol–water partition coefficient (Wildman–Crippen LogP) is 1.21. The van der Waals surface area contributed by atoms with E-state index in [4.69, 9.17) is 9.84 Å². The Bertz CT molecular complexity index is 341. The van der Waals surface area contributed by atoms with Crippen molar-refractivity contribution in [3.8, 4) is 0 Å². The zero-order valence-corrected chi connectivity index (χ0v) is 10.8. The minimum atomic E-state index is -4.42. The highest BCUT2D eigenvalue weighted by atomic mass is 19.4. The van der Waals surface area contributed by atoms with Crippen LogP contribution in [0.4, 0.5) is 18.0 Å². The van der Waals surface area contributed by atoms with Crippen LogP contribution in [0.25, 0.3) is 0 Å². The monoisotopic (exact) mass is 298 g/mol. The SMILES string of the molecule is O=C(O)CCOC1CCN(C(=O)NCC(F)(F)F)CC1. The van der Waals surface area contributed by atoms with E-state index in [0.29, 0.717) is 25.9 Å². The maximum Gasteiger partial charge on any atom is 0.405 e. The summed E-state index contributed by atoms with van der Waals surface area (Å²) in [5.41, 5.74) is 0. The molecule has 0 aliphatic carbocycles. The number of nitrogens with one attached hydrogen (secondary N) is 1. The largest absolute Gasteiger partial charge is 0.481 e. The van der Waals surface area contributed by atoms with E-state index in [1.165, 1.54) is 4.90 Å². The fourth-order valence-corrected chi connectivity index (χ4v) is 1.83. The number of carbonyl (C=O) groups excluding carboxylic acids is 1. The summed E-state index contributed by atoms with van der Waals surface area (Å²) in [6, 6.07) is -0.744. The number of hydrogen-bond acceptors (Lipinski definition) is 3. The highest BCUT2D eigenvalue weighted by Gasteiger charge is 2.30. The van der Waals surface area contributed by atoms with Crippen molar-refractivity contribution >= 4 is 12.0 Å². The topological polar surface area (TPSA) is 78.9 Å². The summed E-state index contributed by atoms with van der Waals surface area (Å²) >= 11 is 0. The minimum Gasteiger partial charge on any atom is -0.481 e. The number of likely N-dealkylation sites (tertiary alicyclic amines) is 1. The highest BCUT2D eigenvalue weighted by molar-refractivity contribution is 5.74. The van der Waals surface area contributed by atoms with Crippen LogP contribution in [0.15, 0.2) is 0 Å². The molecule has 9 heteroatoms. The summed E-state index contributed by atoms with van der Waals surface area (Å²) in [7, 11) is 0. The van der Waals surface area contributed by atoms with Gasteiger partial charge in [0, 0.05) is 13.1 Å². The normalized spacial score (nSPS) is 17.1. The Morgan fingerprint density at radius 1 is 1.30 bits per heavy atom. The Labute approximate surface area is 113 Å². The molecule has 1 heterocycles. The van der Waals surface area contributed by atoms with Crippen LogP contribution in [0, 0.1) is 0 Å². The number of alkyl halides is 3. The first-order valence-electron chi connectivity index (χ1n) is 6.21. The van der Waals surface area contributed by atoms with Gasteiger partial charge in [-0.25, -0.2) is 4.79 Å². The van der Waals surface area contributed by atoms with Gasteiger partial charge in [-0.15, -0.1) is 0 Å². The summed E-state index contributed by atoms with van der Waals surface area (Å²) in [5, 5.41) is 10.3. The van der Waals surface area contributed by atoms with Crippen LogP contribution >= 0.6 is 0 Å². The lowest BCUT2D eigenvalue weighted by molar-refractivity contribution is -0.139. The molecule has 1 aliphatic rings. The Balaban J connectivity index is 2.21. The summed E-state index contributed by atoms with van der Waals surface area (Å²) in [5.74, 6) is -0.950. The van der Waals surface area contributed by atoms with Gasteiger partial charge in [0.15, 0.2) is 0 Å². The van der Waals surface area contributed by atoms with Crippen LogP contribution in [-0.2, 0) is 9.53 Å². The van der Waals surface area contributed by atoms with Crippen molar-refractivity contribution in [1.29, 1.82) is 0 Å². The van der Waals surface area contributed by atoms with Crippen molar-refractivity contribution in [2.45, 2.75) is 31.5 Å². The number of nitrogens with zero attached hydrogens (tertiary/aromatic N) is 1. The standard InChI is InChI=1S/C11H17F3N2O4/c12-11(13,14)7-15-10(19)16-4-1-8(2-5-16)20-6-3-9(17)18/h8H,1-7H2,(H,15,19)(H,17,18). The second kappa shape index (κ2) is 7.32. The first-order valence-corrected chi connectivity index (χ1v) is 6.21. The fraction of sp³-hybridized carbons (Fsp3) is 0.818. The molecular weight excluding hydrogens is 281 g/mol. The van der Waals surface area contributed by atoms with Gasteiger partial charge in [-0.05, 0) is 12.8 Å². The molecule has 1 saturated heterocycles. The smallest absolute Gasteiger partial charge is 0.405 e. The molecule has 1 fully saturated rings. The lowest BCUT2D eigenvalue weighted by Gasteiger charge is -2.32. The van der Waals surface area contributed by atoms with Crippen molar-refractivity contribution in [3.05, 3.63) is 0 Å². The lowest BCUT2D eigenvalue weighted by Crippen LogP contribution is -2.48. The molecular formula is C11H17F3N2O4. The zero-order valence-electron chi connectivity index (χ0n) is 10.8. The Morgan fingerprint density at radius 2 is 1.90 bits per heavy atom. The molecule has 0 aromatic rings. The second-order valence-electron chi connectivity index (χ2n) is 4.47. The summed E-state index contributed by atoms with van der Waals surface area (Å²) < 4.78 is 41.2. The Kier molecular flexibility index (Phi) is 6.05. The molecule has 116 valence electrons. The minimum absolute atomic E-state index is 0.0910. The quantitative estimate of drug-likeness (QED) is 0.800. The van der Waals surface area contributed by atoms with Crippen LogP contribution in [-0.4, -0.2) is 60.5 Å². The van der Waals surface area contributed by atoms with E-state index in [1.807, 2.05) is 5.32 Å². The number of amides is 2. The van der Waals surface area contributed by atoms with Gasteiger partial charge >= 0.3 is 18.2 Å². The average molecular weight is 298 g/mol. The zero-order chi connectivity index (χ0) is 15.2. The molecule has 0 saturated carbocycles. The number of carboxylic acid groups (broad SMARTS) is 1. The lowest BCUT2D eigenvalue weighted by atomic mass is 10.1. The van der Waals surface area contributed by atoms with E-state index in [9.17, 15) is 22.8 Å². The van der Waals surface area contributed by atoms with Gasteiger partial charge in [0.2, 0.25) is 0 Å². The summed E-state index contributed by atoms with van der Waals surface area (Å²) in [4.78, 5) is 23.0. The van der Waals surface area contributed by atoms with Gasteiger partial charge in [0.05, 0.1) is 19.1 Å². The van der Waals surface area contributed by atoms with Crippen molar-refractivity contribution in [3.63, 3.8) is 0 Å². The molecule has 2 N–H and O–H groups in total. The van der Waals surface area contributed by atoms with Gasteiger partial charge in [0.1, 0.15) is 6.54 Å². The molecule has 0 spiro atoms. The number of ether oxygens (including phenoxy) is 1. The van der Waals surface area contributed by atoms with E-state index in [0.717, 1.165) is 0 Å². The molecule has 0 radical (unpaired) electrons. The molecule has 0 atom stereocenters. The predicted molar refractivity (Wildman–Crippen MR) is 62.3 cm³/mol. The Morgan fingerprint density at radius 3 is 2.40 bits per heavy atom. The number of urea groups is 1. The molecule has 2 amide bonds. The molecule has 1 aliphatic heterocycles. The molecule has 0 aromatic heterocycles. The summed E-state index contributed by atoms with van der Waals surface area (Å²) in [6.07, 6.45) is -3.70. The molecule has 20 heavy (non-hydrogen) atoms. The number of aliphatic carboxylic acids is 1. The van der Waals surface area contributed by atoms with E-state index < -0.39 is 24.7 Å². The van der Waals surface area contributed by atoms with Crippen LogP contribution in [0.3, 0.4) is 0 Å². The number of rotatable bonds is 5. The van der Waals surface area contributed by atoms with Crippen LogP contribution in [0.5, 0.6) is 0 Å². The third-order valence-corrected chi connectivity index (χ3v) is 2.84. The van der Waals surface area contributed by atoms with Crippen LogP contribution < -0.4 is 5.32 Å². The maximum atomic E-state index is 11.9. The van der Waals surface area contributed by atoms with Gasteiger partial charge in [-0.2, -0.15) is 13.2 Å². The third-order valence-electron chi connectivity index (χ3n) is 2.84. The van der Waals surface area contributed by atoms with E-state index in [-0.39, 0.29) is 19.1 Å². The van der Waals surface area contributed by atoms with Crippen LogP contribution in [0.2, 0.25) is 0 Å². The first kappa shape index (κ1) is 16.5. The molecule has 1 rings (SSSR count). The molecule has 0 unspecified atom stereocenters. The molecule has 0 aromatic carbocycles. The van der Waals surface area contributed by atoms with Crippen LogP contribution in [0.1, 0.15) is 19.3 Å². The van der Waals surface area contributed by atoms with Gasteiger partial charge in [-0.3, -0.25) is 4.79 Å². The van der Waals surface area contributed by atoms with Crippen molar-refractivity contribution in [2.24, 2.45) is 0 Å². The van der Waals surface area contributed by atoms with E-state index in [2.05, 4.69) is 0 Å².